The fourth-order valence-electron chi connectivity index (χ4n) is 4.61. The average Bonchev–Trinajstić information content (AvgIpc) is 2.73. The van der Waals surface area contributed by atoms with Crippen molar-refractivity contribution < 1.29 is 19.4 Å². The fourth-order valence-corrected chi connectivity index (χ4v) is 4.88. The highest BCUT2D eigenvalue weighted by Crippen LogP contribution is 2.41. The molecule has 0 saturated carbocycles. The molecule has 2 aromatic carbocycles. The van der Waals surface area contributed by atoms with Gasteiger partial charge in [0.1, 0.15) is 6.10 Å². The highest BCUT2D eigenvalue weighted by molar-refractivity contribution is 9.10. The van der Waals surface area contributed by atoms with Crippen molar-refractivity contribution in [2.24, 2.45) is 0 Å². The summed E-state index contributed by atoms with van der Waals surface area (Å²) in [5.41, 5.74) is 1.61. The molecule has 6 heteroatoms. The van der Waals surface area contributed by atoms with Gasteiger partial charge in [-0.25, -0.2) is 4.79 Å². The van der Waals surface area contributed by atoms with E-state index >= 15 is 0 Å². The van der Waals surface area contributed by atoms with Crippen molar-refractivity contribution in [1.29, 1.82) is 0 Å². The van der Waals surface area contributed by atoms with Crippen LogP contribution in [0.15, 0.2) is 46.9 Å². The van der Waals surface area contributed by atoms with Crippen molar-refractivity contribution in [2.75, 3.05) is 13.7 Å². The molecule has 2 aliphatic heterocycles. The number of carbonyl (C=O) groups is 1. The molecule has 3 atom stereocenters. The van der Waals surface area contributed by atoms with Crippen LogP contribution in [-0.2, 0) is 4.74 Å². The van der Waals surface area contributed by atoms with Gasteiger partial charge in [0.15, 0.2) is 11.5 Å². The minimum absolute atomic E-state index is 0.119. The van der Waals surface area contributed by atoms with E-state index < -0.39 is 0 Å². The molecular formula is C23H26BrNO4. The Morgan fingerprint density at radius 2 is 1.93 bits per heavy atom. The number of aromatic hydroxyl groups is 1. The van der Waals surface area contributed by atoms with Crippen LogP contribution in [0.25, 0.3) is 0 Å². The molecule has 154 valence electrons. The molecule has 0 radical (unpaired) electrons. The summed E-state index contributed by atoms with van der Waals surface area (Å²) in [6.45, 7) is 1.04. The summed E-state index contributed by atoms with van der Waals surface area (Å²) in [6.07, 6.45) is 4.95. The maximum Gasteiger partial charge on any atom is 0.338 e. The van der Waals surface area contributed by atoms with Crippen LogP contribution in [0.5, 0.6) is 11.5 Å². The molecule has 0 aromatic heterocycles. The molecule has 2 saturated heterocycles. The lowest BCUT2D eigenvalue weighted by Crippen LogP contribution is -2.49. The maximum atomic E-state index is 12.7. The topological polar surface area (TPSA) is 59.0 Å². The molecule has 5 nitrogen and oxygen atoms in total. The zero-order valence-corrected chi connectivity index (χ0v) is 18.1. The maximum absolute atomic E-state index is 12.7. The molecule has 1 N–H and O–H groups in total. The van der Waals surface area contributed by atoms with E-state index in [4.69, 9.17) is 9.47 Å². The summed E-state index contributed by atoms with van der Waals surface area (Å²) < 4.78 is 12.0. The lowest BCUT2D eigenvalue weighted by molar-refractivity contribution is -0.0364. The SMILES string of the molecule is COc1ccc([C@H]2C[C@H](OC(=O)c3ccc(Br)cc3)C[C@@H]3CCCCN32)cc1O. The van der Waals surface area contributed by atoms with Crippen LogP contribution >= 0.6 is 15.9 Å². The Bertz CT molecular complexity index is 870. The van der Waals surface area contributed by atoms with Crippen molar-refractivity contribution in [3.05, 3.63) is 58.1 Å². The number of methoxy groups -OCH3 is 1. The Hall–Kier alpha value is -2.05. The summed E-state index contributed by atoms with van der Waals surface area (Å²) in [6, 6.07) is 13.4. The molecule has 0 amide bonds. The molecular weight excluding hydrogens is 434 g/mol. The van der Waals surface area contributed by atoms with Gasteiger partial charge >= 0.3 is 5.97 Å². The van der Waals surface area contributed by atoms with Crippen LogP contribution < -0.4 is 4.74 Å². The minimum Gasteiger partial charge on any atom is -0.504 e. The Labute approximate surface area is 179 Å². The van der Waals surface area contributed by atoms with E-state index in [1.165, 1.54) is 12.8 Å². The summed E-state index contributed by atoms with van der Waals surface area (Å²) >= 11 is 3.39. The van der Waals surface area contributed by atoms with Gasteiger partial charge in [0.05, 0.1) is 12.7 Å². The van der Waals surface area contributed by atoms with E-state index in [9.17, 15) is 9.90 Å². The first-order valence-corrected chi connectivity index (χ1v) is 10.9. The van der Waals surface area contributed by atoms with E-state index in [0.717, 1.165) is 35.8 Å². The number of fused-ring (bicyclic) bond motifs is 1. The number of benzene rings is 2. The molecule has 2 heterocycles. The number of rotatable bonds is 4. The summed E-state index contributed by atoms with van der Waals surface area (Å²) in [7, 11) is 1.55. The molecule has 2 aliphatic rings. The van der Waals surface area contributed by atoms with Crippen molar-refractivity contribution in [2.45, 2.75) is 50.3 Å². The van der Waals surface area contributed by atoms with Gasteiger partial charge in [-0.05, 0) is 61.3 Å². The number of phenolic OH excluding ortho intramolecular Hbond substituents is 1. The number of nitrogens with zero attached hydrogens (tertiary/aromatic N) is 1. The molecule has 2 fully saturated rings. The predicted molar refractivity (Wildman–Crippen MR) is 114 cm³/mol. The lowest BCUT2D eigenvalue weighted by atomic mass is 9.84. The van der Waals surface area contributed by atoms with Gasteiger partial charge in [0.25, 0.3) is 0 Å². The van der Waals surface area contributed by atoms with Crippen LogP contribution in [0.4, 0.5) is 0 Å². The largest absolute Gasteiger partial charge is 0.504 e. The first-order chi connectivity index (χ1) is 14.0. The zero-order valence-electron chi connectivity index (χ0n) is 16.5. The quantitative estimate of drug-likeness (QED) is 0.646. The molecule has 0 bridgehead atoms. The standard InChI is InChI=1S/C23H26BrNO4/c1-28-22-10-7-16(12-21(22)26)20-14-19(13-18-4-2-3-11-25(18)20)29-23(27)15-5-8-17(24)9-6-15/h5-10,12,18-20,26H,2-4,11,13-14H2,1H3/t18-,19+,20+/m0/s1. The van der Waals surface area contributed by atoms with E-state index in [1.807, 2.05) is 18.2 Å². The second-order valence-electron chi connectivity index (χ2n) is 7.84. The van der Waals surface area contributed by atoms with Crippen molar-refractivity contribution >= 4 is 21.9 Å². The predicted octanol–water partition coefficient (Wildman–Crippen LogP) is 5.08. The zero-order chi connectivity index (χ0) is 20.4. The molecule has 2 aromatic rings. The number of hydrogen-bond donors (Lipinski definition) is 1. The van der Waals surface area contributed by atoms with E-state index in [0.29, 0.717) is 17.4 Å². The fraction of sp³-hybridized carbons (Fsp3) is 0.435. The number of ether oxygens (including phenoxy) is 2. The van der Waals surface area contributed by atoms with Gasteiger partial charge in [-0.15, -0.1) is 0 Å². The Balaban J connectivity index is 1.55. The third-order valence-electron chi connectivity index (χ3n) is 6.04. The number of phenols is 1. The monoisotopic (exact) mass is 459 g/mol. The second-order valence-corrected chi connectivity index (χ2v) is 8.76. The average molecular weight is 460 g/mol. The normalized spacial score (nSPS) is 24.6. The number of halogens is 1. The van der Waals surface area contributed by atoms with Gasteiger partial charge in [-0.3, -0.25) is 4.90 Å². The molecule has 0 spiro atoms. The van der Waals surface area contributed by atoms with Crippen molar-refractivity contribution in [3.63, 3.8) is 0 Å². The highest BCUT2D eigenvalue weighted by Gasteiger charge is 2.39. The molecule has 0 unspecified atom stereocenters. The van der Waals surface area contributed by atoms with E-state index in [-0.39, 0.29) is 23.9 Å². The van der Waals surface area contributed by atoms with Crippen LogP contribution in [0.1, 0.15) is 54.1 Å². The summed E-state index contributed by atoms with van der Waals surface area (Å²) in [5.74, 6) is 0.341. The number of esters is 1. The first-order valence-electron chi connectivity index (χ1n) is 10.1. The van der Waals surface area contributed by atoms with Gasteiger partial charge in [-0.1, -0.05) is 28.4 Å². The summed E-state index contributed by atoms with van der Waals surface area (Å²) in [4.78, 5) is 15.2. The Kier molecular flexibility index (Phi) is 6.11. The van der Waals surface area contributed by atoms with Gasteiger partial charge in [0, 0.05) is 29.4 Å². The molecule has 0 aliphatic carbocycles. The highest BCUT2D eigenvalue weighted by atomic mass is 79.9. The Morgan fingerprint density at radius 1 is 1.14 bits per heavy atom. The van der Waals surface area contributed by atoms with Gasteiger partial charge < -0.3 is 14.6 Å². The first kappa shape index (κ1) is 20.2. The van der Waals surface area contributed by atoms with Crippen LogP contribution in [0.3, 0.4) is 0 Å². The lowest BCUT2D eigenvalue weighted by Gasteiger charge is -2.47. The second kappa shape index (κ2) is 8.76. The van der Waals surface area contributed by atoms with Gasteiger partial charge in [0.2, 0.25) is 0 Å². The molecule has 4 rings (SSSR count). The number of carbonyl (C=O) groups excluding carboxylic acids is 1. The van der Waals surface area contributed by atoms with E-state index in [2.05, 4.69) is 20.8 Å². The summed E-state index contributed by atoms with van der Waals surface area (Å²) in [5, 5.41) is 10.3. The molecule has 29 heavy (non-hydrogen) atoms. The smallest absolute Gasteiger partial charge is 0.338 e. The van der Waals surface area contributed by atoms with Crippen LogP contribution in [0.2, 0.25) is 0 Å². The third-order valence-corrected chi connectivity index (χ3v) is 6.56. The van der Waals surface area contributed by atoms with Crippen molar-refractivity contribution in [1.82, 2.24) is 4.90 Å². The van der Waals surface area contributed by atoms with E-state index in [1.54, 1.807) is 31.4 Å². The number of piperidine rings is 2. The Morgan fingerprint density at radius 3 is 2.66 bits per heavy atom. The van der Waals surface area contributed by atoms with Crippen LogP contribution in [-0.4, -0.2) is 41.8 Å². The third kappa shape index (κ3) is 4.43. The van der Waals surface area contributed by atoms with Crippen LogP contribution in [0, 0.1) is 0 Å². The number of hydrogen-bond acceptors (Lipinski definition) is 5. The van der Waals surface area contributed by atoms with Gasteiger partial charge in [-0.2, -0.15) is 0 Å². The van der Waals surface area contributed by atoms with Crippen molar-refractivity contribution in [3.8, 4) is 11.5 Å². The minimum atomic E-state index is -0.275.